The molecule has 1 unspecified atom stereocenters. The van der Waals surface area contributed by atoms with Crippen molar-refractivity contribution in [2.45, 2.75) is 96.9 Å². The molecule has 1 aromatic carbocycles. The highest BCUT2D eigenvalue weighted by Gasteiger charge is 2.39. The van der Waals surface area contributed by atoms with Gasteiger partial charge in [0.05, 0.1) is 13.2 Å². The lowest BCUT2D eigenvalue weighted by molar-refractivity contribution is -0.136. The first kappa shape index (κ1) is 29.6. The summed E-state index contributed by atoms with van der Waals surface area (Å²) in [4.78, 5) is 52.8. The third-order valence-corrected chi connectivity index (χ3v) is 7.66. The SMILES string of the molecule is CC(C)(C)OC(=O)N(CCOCCC#Cc1ccc2c(c1)CN(C1CCC(=O)NC1=O)C2=O)[C@H]1CC[C@H](C)CC1. The van der Waals surface area contributed by atoms with Gasteiger partial charge in [-0.05, 0) is 82.6 Å². The molecule has 2 fully saturated rings. The molecule has 1 aliphatic carbocycles. The molecule has 3 aliphatic rings. The summed E-state index contributed by atoms with van der Waals surface area (Å²) < 4.78 is 11.5. The van der Waals surface area contributed by atoms with Gasteiger partial charge in [-0.25, -0.2) is 4.79 Å². The molecule has 1 atom stereocenters. The molecule has 0 aromatic heterocycles. The Hall–Kier alpha value is -3.38. The second-order valence-corrected chi connectivity index (χ2v) is 12.0. The van der Waals surface area contributed by atoms with Crippen molar-refractivity contribution in [3.63, 3.8) is 0 Å². The molecule has 9 heteroatoms. The molecule has 216 valence electrons. The normalized spacial score (nSPS) is 22.8. The minimum Gasteiger partial charge on any atom is -0.444 e. The van der Waals surface area contributed by atoms with E-state index in [1.54, 1.807) is 6.07 Å². The van der Waals surface area contributed by atoms with Crippen molar-refractivity contribution >= 4 is 23.8 Å². The molecular weight excluding hydrogens is 510 g/mol. The fraction of sp³-hybridized carbons (Fsp3) is 0.613. The standard InChI is InChI=1S/C31H41N3O6/c1-21-8-11-24(12-9-21)33(30(38)40-31(2,3)4)16-18-39-17-6-5-7-22-10-13-25-23(19-22)20-34(29(25)37)26-14-15-27(35)32-28(26)36/h10,13,19,21,24,26H,6,8-9,11-12,14-18,20H2,1-4H3,(H,32,35,36)/t21-,24-,26?. The Kier molecular flexibility index (Phi) is 9.52. The second kappa shape index (κ2) is 12.9. The van der Waals surface area contributed by atoms with Crippen LogP contribution in [0.15, 0.2) is 18.2 Å². The number of piperidine rings is 1. The molecule has 1 aromatic rings. The average molecular weight is 552 g/mol. The van der Waals surface area contributed by atoms with E-state index in [2.05, 4.69) is 24.1 Å². The molecule has 0 radical (unpaired) electrons. The fourth-order valence-electron chi connectivity index (χ4n) is 5.50. The molecular formula is C31H41N3O6. The van der Waals surface area contributed by atoms with Crippen LogP contribution in [0.3, 0.4) is 0 Å². The number of rotatable bonds is 7. The van der Waals surface area contributed by atoms with Crippen LogP contribution in [0, 0.1) is 17.8 Å². The third-order valence-electron chi connectivity index (χ3n) is 7.66. The quantitative estimate of drug-likeness (QED) is 0.312. The van der Waals surface area contributed by atoms with Gasteiger partial charge in [-0.1, -0.05) is 18.8 Å². The molecule has 2 heterocycles. The molecule has 0 spiro atoms. The first-order chi connectivity index (χ1) is 19.0. The van der Waals surface area contributed by atoms with Crippen LogP contribution < -0.4 is 5.32 Å². The predicted octanol–water partition coefficient (Wildman–Crippen LogP) is 4.02. The van der Waals surface area contributed by atoms with E-state index in [-0.39, 0.29) is 30.4 Å². The van der Waals surface area contributed by atoms with Gasteiger partial charge >= 0.3 is 6.09 Å². The lowest BCUT2D eigenvalue weighted by Crippen LogP contribution is -2.52. The van der Waals surface area contributed by atoms with E-state index in [0.29, 0.717) is 50.6 Å². The Morgan fingerprint density at radius 3 is 2.55 bits per heavy atom. The molecule has 9 nitrogen and oxygen atoms in total. The van der Waals surface area contributed by atoms with Gasteiger partial charge in [-0.2, -0.15) is 0 Å². The maximum absolute atomic E-state index is 12.9. The van der Waals surface area contributed by atoms with Gasteiger partial charge in [-0.15, -0.1) is 0 Å². The summed E-state index contributed by atoms with van der Waals surface area (Å²) in [6.45, 7) is 9.60. The number of hydrogen-bond donors (Lipinski definition) is 1. The maximum atomic E-state index is 12.9. The highest BCUT2D eigenvalue weighted by Crippen LogP contribution is 2.29. The van der Waals surface area contributed by atoms with Crippen LogP contribution in [0.1, 0.15) is 94.1 Å². The number of carbonyl (C=O) groups excluding carboxylic acids is 4. The number of nitrogens with zero attached hydrogens (tertiary/aromatic N) is 2. The smallest absolute Gasteiger partial charge is 0.410 e. The largest absolute Gasteiger partial charge is 0.444 e. The second-order valence-electron chi connectivity index (χ2n) is 12.0. The Morgan fingerprint density at radius 1 is 1.10 bits per heavy atom. The van der Waals surface area contributed by atoms with Crippen LogP contribution >= 0.6 is 0 Å². The maximum Gasteiger partial charge on any atom is 0.410 e. The topological polar surface area (TPSA) is 105 Å². The Morgan fingerprint density at radius 2 is 1.85 bits per heavy atom. The minimum atomic E-state index is -0.628. The summed E-state index contributed by atoms with van der Waals surface area (Å²) in [6, 6.07) is 5.00. The first-order valence-corrected chi connectivity index (χ1v) is 14.4. The first-order valence-electron chi connectivity index (χ1n) is 14.4. The monoisotopic (exact) mass is 551 g/mol. The van der Waals surface area contributed by atoms with E-state index in [1.807, 2.05) is 37.8 Å². The molecule has 1 saturated heterocycles. The Labute approximate surface area is 236 Å². The van der Waals surface area contributed by atoms with E-state index in [1.165, 1.54) is 4.90 Å². The van der Waals surface area contributed by atoms with Crippen LogP contribution in [-0.2, 0) is 25.6 Å². The van der Waals surface area contributed by atoms with Gasteiger partial charge in [-0.3, -0.25) is 19.7 Å². The Bertz CT molecular complexity index is 1190. The van der Waals surface area contributed by atoms with Gasteiger partial charge < -0.3 is 19.3 Å². The summed E-state index contributed by atoms with van der Waals surface area (Å²) in [5.74, 6) is 6.04. The Balaban J connectivity index is 1.25. The lowest BCUT2D eigenvalue weighted by Gasteiger charge is -2.37. The van der Waals surface area contributed by atoms with E-state index in [0.717, 1.165) is 36.8 Å². The van der Waals surface area contributed by atoms with Crippen molar-refractivity contribution in [2.75, 3.05) is 19.8 Å². The lowest BCUT2D eigenvalue weighted by atomic mass is 9.87. The summed E-state index contributed by atoms with van der Waals surface area (Å²) in [7, 11) is 0. The molecule has 1 saturated carbocycles. The summed E-state index contributed by atoms with van der Waals surface area (Å²) in [6.07, 6.45) is 5.04. The van der Waals surface area contributed by atoms with Crippen LogP contribution in [-0.4, -0.2) is 71.1 Å². The van der Waals surface area contributed by atoms with Crippen molar-refractivity contribution < 1.29 is 28.7 Å². The summed E-state index contributed by atoms with van der Waals surface area (Å²) in [5.41, 5.74) is 1.65. The number of carbonyl (C=O) groups is 4. The van der Waals surface area contributed by atoms with Crippen molar-refractivity contribution in [3.8, 4) is 11.8 Å². The van der Waals surface area contributed by atoms with Crippen LogP contribution in [0.5, 0.6) is 0 Å². The van der Waals surface area contributed by atoms with Crippen molar-refractivity contribution in [1.82, 2.24) is 15.1 Å². The molecule has 4 amide bonds. The van der Waals surface area contributed by atoms with E-state index >= 15 is 0 Å². The molecule has 4 rings (SSSR count). The number of imide groups is 1. The summed E-state index contributed by atoms with van der Waals surface area (Å²) in [5, 5.41) is 2.32. The third kappa shape index (κ3) is 7.63. The van der Waals surface area contributed by atoms with Crippen molar-refractivity contribution in [2.24, 2.45) is 5.92 Å². The van der Waals surface area contributed by atoms with Crippen LogP contribution in [0.25, 0.3) is 0 Å². The van der Waals surface area contributed by atoms with Gasteiger partial charge in [0.1, 0.15) is 11.6 Å². The number of nitrogens with one attached hydrogen (secondary N) is 1. The van der Waals surface area contributed by atoms with Crippen molar-refractivity contribution in [3.05, 3.63) is 34.9 Å². The van der Waals surface area contributed by atoms with Gasteiger partial charge in [0.15, 0.2) is 0 Å². The number of fused-ring (bicyclic) bond motifs is 1. The molecule has 0 bridgehead atoms. The van der Waals surface area contributed by atoms with Gasteiger partial charge in [0.2, 0.25) is 11.8 Å². The zero-order chi connectivity index (χ0) is 28.9. The fourth-order valence-corrected chi connectivity index (χ4v) is 5.50. The van der Waals surface area contributed by atoms with Crippen LogP contribution in [0.2, 0.25) is 0 Å². The number of amides is 4. The van der Waals surface area contributed by atoms with E-state index in [9.17, 15) is 19.2 Å². The summed E-state index contributed by atoms with van der Waals surface area (Å²) >= 11 is 0. The zero-order valence-electron chi connectivity index (χ0n) is 24.1. The zero-order valence-corrected chi connectivity index (χ0v) is 24.1. The predicted molar refractivity (Wildman–Crippen MR) is 149 cm³/mol. The molecule has 2 aliphatic heterocycles. The minimum absolute atomic E-state index is 0.187. The highest BCUT2D eigenvalue weighted by molar-refractivity contribution is 6.05. The number of benzene rings is 1. The average Bonchev–Trinajstić information content (AvgIpc) is 3.20. The van der Waals surface area contributed by atoms with E-state index in [4.69, 9.17) is 9.47 Å². The van der Waals surface area contributed by atoms with Crippen LogP contribution in [0.4, 0.5) is 4.79 Å². The van der Waals surface area contributed by atoms with E-state index < -0.39 is 17.6 Å². The number of hydrogen-bond acceptors (Lipinski definition) is 6. The van der Waals surface area contributed by atoms with Crippen molar-refractivity contribution in [1.29, 1.82) is 0 Å². The molecule has 40 heavy (non-hydrogen) atoms. The number of ether oxygens (including phenoxy) is 2. The highest BCUT2D eigenvalue weighted by atomic mass is 16.6. The van der Waals surface area contributed by atoms with Gasteiger partial charge in [0, 0.05) is 43.1 Å². The van der Waals surface area contributed by atoms with Gasteiger partial charge in [0.25, 0.3) is 5.91 Å². The molecule has 1 N–H and O–H groups in total.